The second-order valence-electron chi connectivity index (χ2n) is 7.00. The van der Waals surface area contributed by atoms with Crippen LogP contribution in [0, 0.1) is 0 Å². The molecule has 1 aliphatic rings. The second kappa shape index (κ2) is 6.20. The van der Waals surface area contributed by atoms with Gasteiger partial charge >= 0.3 is 6.09 Å². The summed E-state index contributed by atoms with van der Waals surface area (Å²) >= 11 is 3.45. The van der Waals surface area contributed by atoms with E-state index in [2.05, 4.69) is 15.9 Å². The molecule has 5 heteroatoms. The molecule has 0 aliphatic carbocycles. The molecule has 1 heterocycles. The summed E-state index contributed by atoms with van der Waals surface area (Å²) in [6.07, 6.45) is -0.197. The van der Waals surface area contributed by atoms with E-state index >= 15 is 0 Å². The fourth-order valence-corrected chi connectivity index (χ4v) is 2.82. The molecule has 1 saturated heterocycles. The van der Waals surface area contributed by atoms with Gasteiger partial charge in [-0.2, -0.15) is 0 Å². The van der Waals surface area contributed by atoms with Gasteiger partial charge in [-0.1, -0.05) is 28.1 Å². The molecule has 0 N–H and O–H groups in total. The largest absolute Gasteiger partial charge is 0.444 e. The molecule has 1 aliphatic heterocycles. The summed E-state index contributed by atoms with van der Waals surface area (Å²) in [7, 11) is 0. The van der Waals surface area contributed by atoms with Crippen molar-refractivity contribution in [3.63, 3.8) is 0 Å². The number of carbonyl (C=O) groups excluding carboxylic acids is 1. The molecular formula is C17H24BrNO3. The third kappa shape index (κ3) is 4.02. The van der Waals surface area contributed by atoms with E-state index in [1.54, 1.807) is 4.90 Å². The van der Waals surface area contributed by atoms with Gasteiger partial charge in [-0.15, -0.1) is 0 Å². The van der Waals surface area contributed by atoms with E-state index in [0.29, 0.717) is 13.1 Å². The van der Waals surface area contributed by atoms with Gasteiger partial charge in [0, 0.05) is 4.47 Å². The summed E-state index contributed by atoms with van der Waals surface area (Å²) in [5, 5.41) is 0. The summed E-state index contributed by atoms with van der Waals surface area (Å²) in [5.74, 6) is 0. The molecule has 22 heavy (non-hydrogen) atoms. The highest BCUT2D eigenvalue weighted by atomic mass is 79.9. The van der Waals surface area contributed by atoms with Crippen LogP contribution >= 0.6 is 15.9 Å². The minimum Gasteiger partial charge on any atom is -0.444 e. The van der Waals surface area contributed by atoms with Gasteiger partial charge in [0.15, 0.2) is 0 Å². The van der Waals surface area contributed by atoms with Crippen molar-refractivity contribution in [1.82, 2.24) is 4.90 Å². The standard InChI is InChI=1S/C17H24BrNO3/c1-12(2)21-17(13-6-8-14(18)9-7-13)10-19(11-17)15(20)22-16(3,4)5/h6-9,12H,10-11H2,1-5H3. The number of likely N-dealkylation sites (tertiary alicyclic amines) is 1. The monoisotopic (exact) mass is 369 g/mol. The lowest BCUT2D eigenvalue weighted by Crippen LogP contribution is -2.63. The minimum atomic E-state index is -0.480. The normalized spacial score (nSPS) is 17.3. The first kappa shape index (κ1) is 17.3. The molecule has 2 rings (SSSR count). The number of ether oxygens (including phenoxy) is 2. The van der Waals surface area contributed by atoms with E-state index in [0.717, 1.165) is 10.0 Å². The van der Waals surface area contributed by atoms with Crippen LogP contribution in [-0.4, -0.2) is 35.8 Å². The van der Waals surface area contributed by atoms with E-state index in [4.69, 9.17) is 9.47 Å². The highest BCUT2D eigenvalue weighted by molar-refractivity contribution is 9.10. The Morgan fingerprint density at radius 1 is 1.23 bits per heavy atom. The molecule has 4 nitrogen and oxygen atoms in total. The minimum absolute atomic E-state index is 0.0874. The number of nitrogens with zero attached hydrogens (tertiary/aromatic N) is 1. The Morgan fingerprint density at radius 2 is 1.77 bits per heavy atom. The fraction of sp³-hybridized carbons (Fsp3) is 0.588. The summed E-state index contributed by atoms with van der Waals surface area (Å²) < 4.78 is 12.6. The van der Waals surface area contributed by atoms with Crippen molar-refractivity contribution in [2.24, 2.45) is 0 Å². The molecular weight excluding hydrogens is 346 g/mol. The number of benzene rings is 1. The van der Waals surface area contributed by atoms with Crippen molar-refractivity contribution in [1.29, 1.82) is 0 Å². The molecule has 0 saturated carbocycles. The second-order valence-corrected chi connectivity index (χ2v) is 7.92. The fourth-order valence-electron chi connectivity index (χ4n) is 2.56. The third-order valence-electron chi connectivity index (χ3n) is 3.38. The molecule has 0 unspecified atom stereocenters. The first-order valence-corrected chi connectivity index (χ1v) is 8.32. The zero-order valence-corrected chi connectivity index (χ0v) is 15.4. The average Bonchev–Trinajstić information content (AvgIpc) is 2.31. The van der Waals surface area contributed by atoms with E-state index < -0.39 is 11.2 Å². The molecule has 0 radical (unpaired) electrons. The van der Waals surface area contributed by atoms with Crippen LogP contribution in [0.2, 0.25) is 0 Å². The topological polar surface area (TPSA) is 38.8 Å². The van der Waals surface area contributed by atoms with Gasteiger partial charge in [0.25, 0.3) is 0 Å². The van der Waals surface area contributed by atoms with Crippen molar-refractivity contribution in [2.45, 2.75) is 51.9 Å². The Hall–Kier alpha value is -1.07. The van der Waals surface area contributed by atoms with Crippen LogP contribution in [0.15, 0.2) is 28.7 Å². The number of amides is 1. The molecule has 1 fully saturated rings. The zero-order chi connectivity index (χ0) is 16.5. The van der Waals surface area contributed by atoms with Crippen LogP contribution in [0.5, 0.6) is 0 Å². The third-order valence-corrected chi connectivity index (χ3v) is 3.90. The van der Waals surface area contributed by atoms with Crippen LogP contribution < -0.4 is 0 Å². The van der Waals surface area contributed by atoms with Gasteiger partial charge < -0.3 is 14.4 Å². The van der Waals surface area contributed by atoms with Gasteiger partial charge in [0.05, 0.1) is 19.2 Å². The maximum Gasteiger partial charge on any atom is 0.410 e. The van der Waals surface area contributed by atoms with Crippen molar-refractivity contribution in [2.75, 3.05) is 13.1 Å². The van der Waals surface area contributed by atoms with Crippen LogP contribution in [0.3, 0.4) is 0 Å². The van der Waals surface area contributed by atoms with E-state index in [9.17, 15) is 4.79 Å². The Kier molecular flexibility index (Phi) is 4.87. The van der Waals surface area contributed by atoms with Crippen molar-refractivity contribution < 1.29 is 14.3 Å². The van der Waals surface area contributed by atoms with Crippen LogP contribution in [0.25, 0.3) is 0 Å². The van der Waals surface area contributed by atoms with Gasteiger partial charge in [-0.3, -0.25) is 0 Å². The number of hydrogen-bond acceptors (Lipinski definition) is 3. The lowest BCUT2D eigenvalue weighted by atomic mass is 9.86. The van der Waals surface area contributed by atoms with Gasteiger partial charge in [-0.05, 0) is 52.3 Å². The van der Waals surface area contributed by atoms with Gasteiger partial charge in [0.1, 0.15) is 11.2 Å². The SMILES string of the molecule is CC(C)OC1(c2ccc(Br)cc2)CN(C(=O)OC(C)(C)C)C1. The molecule has 1 amide bonds. The first-order valence-electron chi connectivity index (χ1n) is 7.53. The van der Waals surface area contributed by atoms with Crippen LogP contribution in [0.4, 0.5) is 4.79 Å². The van der Waals surface area contributed by atoms with Gasteiger partial charge in [-0.25, -0.2) is 4.79 Å². The maximum atomic E-state index is 12.1. The van der Waals surface area contributed by atoms with Crippen molar-refractivity contribution in [3.05, 3.63) is 34.3 Å². The molecule has 0 atom stereocenters. The highest BCUT2D eigenvalue weighted by Gasteiger charge is 2.49. The Morgan fingerprint density at radius 3 is 2.23 bits per heavy atom. The highest BCUT2D eigenvalue weighted by Crippen LogP contribution is 2.38. The maximum absolute atomic E-state index is 12.1. The molecule has 0 aromatic heterocycles. The number of rotatable bonds is 3. The summed E-state index contributed by atoms with van der Waals surface area (Å²) in [5.41, 5.74) is 0.168. The van der Waals surface area contributed by atoms with Crippen molar-refractivity contribution >= 4 is 22.0 Å². The van der Waals surface area contributed by atoms with Crippen molar-refractivity contribution in [3.8, 4) is 0 Å². The summed E-state index contributed by atoms with van der Waals surface area (Å²) in [6, 6.07) is 8.08. The molecule has 1 aromatic carbocycles. The first-order chi connectivity index (χ1) is 10.1. The Balaban J connectivity index is 2.12. The van der Waals surface area contributed by atoms with Gasteiger partial charge in [0.2, 0.25) is 0 Å². The lowest BCUT2D eigenvalue weighted by molar-refractivity contribution is -0.167. The predicted octanol–water partition coefficient (Wildman–Crippen LogP) is 4.32. The number of carbonyl (C=O) groups is 1. The van der Waals surface area contributed by atoms with E-state index in [-0.39, 0.29) is 12.2 Å². The van der Waals surface area contributed by atoms with E-state index in [1.165, 1.54) is 0 Å². The predicted molar refractivity (Wildman–Crippen MR) is 89.8 cm³/mol. The molecule has 0 bridgehead atoms. The lowest BCUT2D eigenvalue weighted by Gasteiger charge is -2.50. The Bertz CT molecular complexity index is 528. The number of hydrogen-bond donors (Lipinski definition) is 0. The quantitative estimate of drug-likeness (QED) is 0.796. The summed E-state index contributed by atoms with van der Waals surface area (Å²) in [4.78, 5) is 13.8. The summed E-state index contributed by atoms with van der Waals surface area (Å²) in [6.45, 7) is 10.7. The van der Waals surface area contributed by atoms with Crippen LogP contribution in [0.1, 0.15) is 40.2 Å². The molecule has 1 aromatic rings. The smallest absolute Gasteiger partial charge is 0.410 e. The molecule has 0 spiro atoms. The van der Waals surface area contributed by atoms with Crippen LogP contribution in [-0.2, 0) is 15.1 Å². The average molecular weight is 370 g/mol. The van der Waals surface area contributed by atoms with E-state index in [1.807, 2.05) is 58.9 Å². The zero-order valence-electron chi connectivity index (χ0n) is 13.9. The number of halogens is 1. The molecule has 122 valence electrons. The Labute approximate surface area is 140 Å².